The van der Waals surface area contributed by atoms with Crippen LogP contribution >= 0.6 is 35.6 Å². The first-order valence-electron chi connectivity index (χ1n) is 9.83. The molecule has 30 heavy (non-hydrogen) atoms. The fraction of sp³-hybridized carbons (Fsp3) is 0.429. The number of nitrogens with one attached hydrogen (secondary N) is 2. The molecule has 2 N–H and O–H groups in total. The van der Waals surface area contributed by atoms with Crippen LogP contribution in [0, 0.1) is 0 Å². The lowest BCUT2D eigenvalue weighted by molar-refractivity contribution is 0.222. The molecule has 7 nitrogen and oxygen atoms in total. The van der Waals surface area contributed by atoms with Crippen molar-refractivity contribution >= 4 is 53.3 Å². The van der Waals surface area contributed by atoms with Gasteiger partial charge in [-0.25, -0.2) is 4.79 Å². The molecule has 0 bridgehead atoms. The molecule has 0 atom stereocenters. The molecule has 1 saturated heterocycles. The van der Waals surface area contributed by atoms with Crippen LogP contribution in [0.3, 0.4) is 0 Å². The Morgan fingerprint density at radius 2 is 2.00 bits per heavy atom. The zero-order valence-corrected chi connectivity index (χ0v) is 20.8. The van der Waals surface area contributed by atoms with Crippen molar-refractivity contribution in [1.82, 2.24) is 19.7 Å². The van der Waals surface area contributed by atoms with Gasteiger partial charge in [0.2, 0.25) is 0 Å². The molecule has 2 heterocycles. The van der Waals surface area contributed by atoms with Crippen LogP contribution in [-0.2, 0) is 20.1 Å². The fourth-order valence-corrected chi connectivity index (χ4v) is 3.76. The molecule has 1 aromatic carbocycles. The number of nitrogens with zero attached hydrogens (tertiary/aromatic N) is 4. The summed E-state index contributed by atoms with van der Waals surface area (Å²) in [5.74, 6) is 0.786. The minimum Gasteiger partial charge on any atom is -0.352 e. The summed E-state index contributed by atoms with van der Waals surface area (Å²) in [7, 11) is 5.74. The molecule has 3 rings (SSSR count). The highest BCUT2D eigenvalue weighted by molar-refractivity contribution is 14.0. The number of urea groups is 1. The van der Waals surface area contributed by atoms with Gasteiger partial charge >= 0.3 is 6.03 Å². The van der Waals surface area contributed by atoms with E-state index in [9.17, 15) is 4.79 Å². The van der Waals surface area contributed by atoms with E-state index in [0.29, 0.717) is 13.1 Å². The molecule has 164 valence electrons. The lowest BCUT2D eigenvalue weighted by Gasteiger charge is -2.22. The van der Waals surface area contributed by atoms with Crippen molar-refractivity contribution in [3.63, 3.8) is 0 Å². The average molecular weight is 545 g/mol. The van der Waals surface area contributed by atoms with Crippen LogP contribution in [0.4, 0.5) is 10.5 Å². The van der Waals surface area contributed by atoms with Gasteiger partial charge in [0.05, 0.1) is 11.6 Å². The molecule has 1 aliphatic heterocycles. The third-order valence-corrected chi connectivity index (χ3v) is 5.28. The number of hydrogen-bond acceptors (Lipinski definition) is 2. The van der Waals surface area contributed by atoms with Crippen molar-refractivity contribution in [2.45, 2.75) is 25.9 Å². The predicted octanol–water partition coefficient (Wildman–Crippen LogP) is 4.13. The highest BCUT2D eigenvalue weighted by Crippen LogP contribution is 2.15. The van der Waals surface area contributed by atoms with Crippen LogP contribution in [-0.4, -0.2) is 53.5 Å². The topological polar surface area (TPSA) is 64.9 Å². The molecule has 0 saturated carbocycles. The van der Waals surface area contributed by atoms with Gasteiger partial charge in [0, 0.05) is 58.4 Å². The van der Waals surface area contributed by atoms with Crippen LogP contribution < -0.4 is 10.6 Å². The smallest absolute Gasteiger partial charge is 0.321 e. The number of amides is 2. The van der Waals surface area contributed by atoms with Crippen molar-refractivity contribution in [3.8, 4) is 0 Å². The third-order valence-electron chi connectivity index (χ3n) is 5.07. The van der Waals surface area contributed by atoms with Gasteiger partial charge in [0.15, 0.2) is 5.96 Å². The standard InChI is InChI=1S/C21H29ClN6O.HI/c1-23-20(27(3)15-19-12-17(22)14-26(19)2)24-13-16-7-6-8-18(11-16)25-21(29)28-9-4-5-10-28;/h6-8,11-12,14H,4-5,9-10,13,15H2,1-3H3,(H,23,24)(H,25,29);1H. The monoisotopic (exact) mass is 544 g/mol. The molecular formula is C21H30ClIN6O. The van der Waals surface area contributed by atoms with Crippen LogP contribution in [0.15, 0.2) is 41.5 Å². The summed E-state index contributed by atoms with van der Waals surface area (Å²) in [4.78, 5) is 20.6. The number of likely N-dealkylation sites (tertiary alicyclic amines) is 1. The van der Waals surface area contributed by atoms with Gasteiger partial charge in [0.1, 0.15) is 0 Å². The van der Waals surface area contributed by atoms with Crippen LogP contribution in [0.2, 0.25) is 5.02 Å². The number of halogens is 2. The van der Waals surface area contributed by atoms with Crippen molar-refractivity contribution in [2.24, 2.45) is 12.0 Å². The molecule has 0 aliphatic carbocycles. The number of carbonyl (C=O) groups is 1. The second kappa shape index (κ2) is 11.5. The molecule has 9 heteroatoms. The maximum Gasteiger partial charge on any atom is 0.321 e. The Kier molecular flexibility index (Phi) is 9.29. The number of anilines is 1. The van der Waals surface area contributed by atoms with Crippen LogP contribution in [0.1, 0.15) is 24.1 Å². The maximum atomic E-state index is 12.3. The van der Waals surface area contributed by atoms with Gasteiger partial charge in [0.25, 0.3) is 0 Å². The zero-order valence-electron chi connectivity index (χ0n) is 17.7. The van der Waals surface area contributed by atoms with Gasteiger partial charge in [-0.1, -0.05) is 23.7 Å². The molecule has 0 unspecified atom stereocenters. The summed E-state index contributed by atoms with van der Waals surface area (Å²) in [6, 6.07) is 9.82. The minimum atomic E-state index is -0.0237. The first kappa shape index (κ1) is 24.3. The Hall–Kier alpha value is -1.94. The summed E-state index contributed by atoms with van der Waals surface area (Å²) in [5, 5.41) is 7.10. The van der Waals surface area contributed by atoms with Crippen molar-refractivity contribution < 1.29 is 4.79 Å². The van der Waals surface area contributed by atoms with Crippen LogP contribution in [0.5, 0.6) is 0 Å². The van der Waals surface area contributed by atoms with Crippen LogP contribution in [0.25, 0.3) is 0 Å². The number of benzene rings is 1. The number of aliphatic imine (C=N–C) groups is 1. The van der Waals surface area contributed by atoms with E-state index in [1.54, 1.807) is 7.05 Å². The molecule has 0 spiro atoms. The van der Waals surface area contributed by atoms with E-state index in [1.807, 2.05) is 65.0 Å². The Labute approximate surface area is 200 Å². The maximum absolute atomic E-state index is 12.3. The third kappa shape index (κ3) is 6.53. The number of aryl methyl sites for hydroxylation is 1. The van der Waals surface area contributed by atoms with E-state index < -0.39 is 0 Å². The Morgan fingerprint density at radius 3 is 2.63 bits per heavy atom. The summed E-state index contributed by atoms with van der Waals surface area (Å²) in [6.45, 7) is 2.97. The molecule has 0 radical (unpaired) electrons. The number of guanidine groups is 1. The summed E-state index contributed by atoms with van der Waals surface area (Å²) in [6.07, 6.45) is 4.06. The summed E-state index contributed by atoms with van der Waals surface area (Å²) >= 11 is 6.08. The molecule has 1 fully saturated rings. The molecule has 2 aromatic rings. The van der Waals surface area contributed by atoms with E-state index >= 15 is 0 Å². The van der Waals surface area contributed by atoms with Gasteiger partial charge in [-0.05, 0) is 36.6 Å². The molecule has 2 amide bonds. The van der Waals surface area contributed by atoms with Gasteiger partial charge in [-0.3, -0.25) is 4.99 Å². The van der Waals surface area contributed by atoms with Crippen molar-refractivity contribution in [1.29, 1.82) is 0 Å². The minimum absolute atomic E-state index is 0. The SMILES string of the molecule is CN=C(NCc1cccc(NC(=O)N2CCCC2)c1)N(C)Cc1cc(Cl)cn1C.I. The van der Waals surface area contributed by atoms with E-state index in [2.05, 4.69) is 15.6 Å². The lowest BCUT2D eigenvalue weighted by atomic mass is 10.2. The Bertz CT molecular complexity index is 878. The van der Waals surface area contributed by atoms with Crippen molar-refractivity contribution in [2.75, 3.05) is 32.5 Å². The predicted molar refractivity (Wildman–Crippen MR) is 134 cm³/mol. The van der Waals surface area contributed by atoms with Crippen molar-refractivity contribution in [3.05, 3.63) is 52.8 Å². The van der Waals surface area contributed by atoms with E-state index in [4.69, 9.17) is 11.6 Å². The lowest BCUT2D eigenvalue weighted by Crippen LogP contribution is -2.38. The largest absolute Gasteiger partial charge is 0.352 e. The Balaban J connectivity index is 0.00000320. The zero-order chi connectivity index (χ0) is 20.8. The highest BCUT2D eigenvalue weighted by atomic mass is 127. The Morgan fingerprint density at radius 1 is 1.27 bits per heavy atom. The first-order chi connectivity index (χ1) is 14.0. The second-order valence-electron chi connectivity index (χ2n) is 7.34. The quantitative estimate of drug-likeness (QED) is 0.338. The number of hydrogen-bond donors (Lipinski definition) is 2. The number of carbonyl (C=O) groups excluding carboxylic acids is 1. The normalized spacial score (nSPS) is 13.7. The first-order valence-corrected chi connectivity index (χ1v) is 10.2. The molecular weight excluding hydrogens is 515 g/mol. The molecule has 1 aromatic heterocycles. The highest BCUT2D eigenvalue weighted by Gasteiger charge is 2.17. The van der Waals surface area contributed by atoms with Gasteiger partial charge < -0.3 is 25.0 Å². The average Bonchev–Trinajstić information content (AvgIpc) is 3.33. The van der Waals surface area contributed by atoms with Gasteiger partial charge in [-0.15, -0.1) is 24.0 Å². The van der Waals surface area contributed by atoms with E-state index in [0.717, 1.165) is 53.9 Å². The fourth-order valence-electron chi connectivity index (χ4n) is 3.49. The molecule has 1 aliphatic rings. The summed E-state index contributed by atoms with van der Waals surface area (Å²) in [5.41, 5.74) is 2.98. The number of aromatic nitrogens is 1. The number of rotatable bonds is 5. The second-order valence-corrected chi connectivity index (χ2v) is 7.78. The van der Waals surface area contributed by atoms with E-state index in [1.165, 1.54) is 0 Å². The summed E-state index contributed by atoms with van der Waals surface area (Å²) < 4.78 is 2.01. The van der Waals surface area contributed by atoms with E-state index in [-0.39, 0.29) is 30.0 Å². The van der Waals surface area contributed by atoms with Gasteiger partial charge in [-0.2, -0.15) is 0 Å².